The van der Waals surface area contributed by atoms with E-state index in [1.165, 1.54) is 12.8 Å². The summed E-state index contributed by atoms with van der Waals surface area (Å²) in [5, 5.41) is 13.6. The first kappa shape index (κ1) is 15.1. The van der Waals surface area contributed by atoms with E-state index in [4.69, 9.17) is 4.74 Å². The van der Waals surface area contributed by atoms with E-state index < -0.39 is 0 Å². The van der Waals surface area contributed by atoms with E-state index in [1.807, 2.05) is 12.1 Å². The largest absolute Gasteiger partial charge is 0.507 e. The molecule has 0 spiro atoms. The smallest absolute Gasteiger partial charge is 0.123 e. The minimum absolute atomic E-state index is 0.314. The van der Waals surface area contributed by atoms with Crippen molar-refractivity contribution in [3.05, 3.63) is 23.8 Å². The van der Waals surface area contributed by atoms with Gasteiger partial charge in [-0.05, 0) is 39.3 Å². The van der Waals surface area contributed by atoms with Gasteiger partial charge in [0.15, 0.2) is 0 Å². The Labute approximate surface area is 121 Å². The molecule has 112 valence electrons. The fourth-order valence-corrected chi connectivity index (χ4v) is 2.68. The second kappa shape index (κ2) is 6.95. The van der Waals surface area contributed by atoms with Crippen molar-refractivity contribution in [1.29, 1.82) is 0 Å². The maximum atomic E-state index is 10.1. The first-order chi connectivity index (χ1) is 9.60. The highest BCUT2D eigenvalue weighted by Gasteiger charge is 2.20. The lowest BCUT2D eigenvalue weighted by atomic mass is 10.1. The highest BCUT2D eigenvalue weighted by molar-refractivity contribution is 5.39. The Balaban J connectivity index is 2.03. The number of ether oxygens (including phenoxy) is 1. The number of hydrogen-bond donors (Lipinski definition) is 2. The molecule has 0 aliphatic carbocycles. The van der Waals surface area contributed by atoms with Crippen molar-refractivity contribution in [3.8, 4) is 11.5 Å². The third-order valence-electron chi connectivity index (χ3n) is 4.01. The third kappa shape index (κ3) is 3.87. The van der Waals surface area contributed by atoms with Crippen molar-refractivity contribution in [1.82, 2.24) is 10.2 Å². The van der Waals surface area contributed by atoms with Gasteiger partial charge in [0.05, 0.1) is 7.11 Å². The third-order valence-corrected chi connectivity index (χ3v) is 4.01. The predicted molar refractivity (Wildman–Crippen MR) is 81.2 cm³/mol. The number of hydrogen-bond acceptors (Lipinski definition) is 4. The van der Waals surface area contributed by atoms with Gasteiger partial charge >= 0.3 is 0 Å². The van der Waals surface area contributed by atoms with E-state index in [0.29, 0.717) is 23.6 Å². The number of nitrogens with one attached hydrogen (secondary N) is 1. The van der Waals surface area contributed by atoms with E-state index in [1.54, 1.807) is 13.2 Å². The van der Waals surface area contributed by atoms with E-state index >= 15 is 0 Å². The number of nitrogens with zero attached hydrogens (tertiary/aromatic N) is 1. The average molecular weight is 278 g/mol. The van der Waals surface area contributed by atoms with E-state index in [0.717, 1.165) is 25.2 Å². The van der Waals surface area contributed by atoms with Gasteiger partial charge in [-0.15, -0.1) is 0 Å². The number of benzene rings is 1. The fourth-order valence-electron chi connectivity index (χ4n) is 2.68. The average Bonchev–Trinajstić information content (AvgIpc) is 2.92. The van der Waals surface area contributed by atoms with Gasteiger partial charge in [-0.1, -0.05) is 6.07 Å². The lowest BCUT2D eigenvalue weighted by Gasteiger charge is -2.29. The van der Waals surface area contributed by atoms with Crippen molar-refractivity contribution >= 4 is 0 Å². The van der Waals surface area contributed by atoms with Crippen molar-refractivity contribution in [3.63, 3.8) is 0 Å². The number of aromatic hydroxyl groups is 1. The fraction of sp³-hybridized carbons (Fsp3) is 0.625. The molecule has 2 N–H and O–H groups in total. The molecule has 1 atom stereocenters. The van der Waals surface area contributed by atoms with Crippen LogP contribution in [-0.4, -0.2) is 42.3 Å². The molecule has 4 heteroatoms. The summed E-state index contributed by atoms with van der Waals surface area (Å²) in [5.74, 6) is 1.01. The second-order valence-electron chi connectivity index (χ2n) is 5.81. The summed E-state index contributed by atoms with van der Waals surface area (Å²) in [6.07, 6.45) is 2.52. The van der Waals surface area contributed by atoms with E-state index in [-0.39, 0.29) is 0 Å². The SMILES string of the molecule is COc1ccc(CN(CC2CCCN2)C(C)C)c(O)c1. The summed E-state index contributed by atoms with van der Waals surface area (Å²) < 4.78 is 5.13. The van der Waals surface area contributed by atoms with Gasteiger partial charge in [-0.2, -0.15) is 0 Å². The van der Waals surface area contributed by atoms with Gasteiger partial charge in [0.25, 0.3) is 0 Å². The molecule has 1 heterocycles. The lowest BCUT2D eigenvalue weighted by molar-refractivity contribution is 0.192. The molecule has 2 rings (SSSR count). The summed E-state index contributed by atoms with van der Waals surface area (Å²) in [6, 6.07) is 6.57. The Kier molecular flexibility index (Phi) is 5.26. The zero-order valence-corrected chi connectivity index (χ0v) is 12.7. The molecule has 1 aromatic carbocycles. The van der Waals surface area contributed by atoms with Crippen LogP contribution in [0.1, 0.15) is 32.3 Å². The van der Waals surface area contributed by atoms with Crippen molar-refractivity contribution in [2.24, 2.45) is 0 Å². The summed E-state index contributed by atoms with van der Waals surface area (Å²) in [5.41, 5.74) is 0.956. The topological polar surface area (TPSA) is 44.7 Å². The van der Waals surface area contributed by atoms with Gasteiger partial charge in [-0.3, -0.25) is 4.90 Å². The van der Waals surface area contributed by atoms with Crippen LogP contribution in [0.25, 0.3) is 0 Å². The molecule has 0 saturated carbocycles. The minimum Gasteiger partial charge on any atom is -0.507 e. The van der Waals surface area contributed by atoms with Gasteiger partial charge < -0.3 is 15.2 Å². The summed E-state index contributed by atoms with van der Waals surface area (Å²) in [7, 11) is 1.61. The first-order valence-electron chi connectivity index (χ1n) is 7.43. The monoisotopic (exact) mass is 278 g/mol. The van der Waals surface area contributed by atoms with Crippen LogP contribution in [-0.2, 0) is 6.54 Å². The van der Waals surface area contributed by atoms with Crippen molar-refractivity contribution in [2.45, 2.75) is 45.3 Å². The Morgan fingerprint density at radius 3 is 2.80 bits per heavy atom. The molecule has 1 saturated heterocycles. The van der Waals surface area contributed by atoms with E-state index in [9.17, 15) is 5.11 Å². The highest BCUT2D eigenvalue weighted by Crippen LogP contribution is 2.25. The Bertz CT molecular complexity index is 428. The summed E-state index contributed by atoms with van der Waals surface area (Å²) in [6.45, 7) is 7.34. The van der Waals surface area contributed by atoms with Gasteiger partial charge in [0.1, 0.15) is 11.5 Å². The molecular formula is C16H26N2O2. The van der Waals surface area contributed by atoms with Gasteiger partial charge in [-0.25, -0.2) is 0 Å². The van der Waals surface area contributed by atoms with Crippen LogP contribution in [0, 0.1) is 0 Å². The van der Waals surface area contributed by atoms with Crippen LogP contribution < -0.4 is 10.1 Å². The molecule has 1 aliphatic heterocycles. The van der Waals surface area contributed by atoms with E-state index in [2.05, 4.69) is 24.1 Å². The second-order valence-corrected chi connectivity index (χ2v) is 5.81. The molecule has 1 unspecified atom stereocenters. The van der Waals surface area contributed by atoms with Crippen LogP contribution in [0.2, 0.25) is 0 Å². The summed E-state index contributed by atoms with van der Waals surface area (Å²) in [4.78, 5) is 2.41. The maximum absolute atomic E-state index is 10.1. The number of phenols is 1. The number of phenolic OH excluding ortho intramolecular Hbond substituents is 1. The summed E-state index contributed by atoms with van der Waals surface area (Å²) >= 11 is 0. The molecule has 1 fully saturated rings. The van der Waals surface area contributed by atoms with Crippen LogP contribution in [0.4, 0.5) is 0 Å². The minimum atomic E-state index is 0.314. The first-order valence-corrected chi connectivity index (χ1v) is 7.43. The Morgan fingerprint density at radius 1 is 1.45 bits per heavy atom. The van der Waals surface area contributed by atoms with Crippen LogP contribution in [0.15, 0.2) is 18.2 Å². The standard InChI is InChI=1S/C16H26N2O2/c1-12(2)18(11-14-5-4-8-17-14)10-13-6-7-15(20-3)9-16(13)19/h6-7,9,12,14,17,19H,4-5,8,10-11H2,1-3H3. The molecule has 0 aromatic heterocycles. The highest BCUT2D eigenvalue weighted by atomic mass is 16.5. The Hall–Kier alpha value is -1.26. The Morgan fingerprint density at radius 2 is 2.25 bits per heavy atom. The molecule has 1 aromatic rings. The van der Waals surface area contributed by atoms with Crippen LogP contribution in [0.3, 0.4) is 0 Å². The van der Waals surface area contributed by atoms with Crippen LogP contribution in [0.5, 0.6) is 11.5 Å². The van der Waals surface area contributed by atoms with Crippen molar-refractivity contribution < 1.29 is 9.84 Å². The zero-order chi connectivity index (χ0) is 14.5. The predicted octanol–water partition coefficient (Wildman–Crippen LogP) is 2.36. The van der Waals surface area contributed by atoms with Crippen molar-refractivity contribution in [2.75, 3.05) is 20.2 Å². The molecule has 4 nitrogen and oxygen atoms in total. The normalized spacial score (nSPS) is 18.9. The number of methoxy groups -OCH3 is 1. The molecular weight excluding hydrogens is 252 g/mol. The molecule has 0 bridgehead atoms. The van der Waals surface area contributed by atoms with Crippen LogP contribution >= 0.6 is 0 Å². The lowest BCUT2D eigenvalue weighted by Crippen LogP contribution is -2.40. The maximum Gasteiger partial charge on any atom is 0.123 e. The molecule has 0 amide bonds. The molecule has 1 aliphatic rings. The molecule has 20 heavy (non-hydrogen) atoms. The van der Waals surface area contributed by atoms with Gasteiger partial charge in [0.2, 0.25) is 0 Å². The quantitative estimate of drug-likeness (QED) is 0.838. The number of rotatable bonds is 6. The van der Waals surface area contributed by atoms with Gasteiger partial charge in [0, 0.05) is 36.8 Å². The zero-order valence-electron chi connectivity index (χ0n) is 12.7. The molecule has 0 radical (unpaired) electrons.